The molecule has 2 N–H and O–H groups in total. The van der Waals surface area contributed by atoms with Crippen LogP contribution in [0.1, 0.15) is 10.4 Å². The SMILES string of the molecule is F[P-](F)(F)(F)(F)F.O=C(C[S+](CCO)CCO)c1ccccc1F. The van der Waals surface area contributed by atoms with Crippen LogP contribution in [-0.2, 0) is 10.9 Å². The molecule has 1 rings (SSSR count). The average molecular weight is 404 g/mol. The number of hydrogen-bond donors (Lipinski definition) is 2. The van der Waals surface area contributed by atoms with Gasteiger partial charge in [0.25, 0.3) is 0 Å². The number of benzene rings is 1. The number of Topliss-reactive ketones (excluding diaryl/α,β-unsaturated/α-hetero) is 1. The maximum atomic E-state index is 13.3. The van der Waals surface area contributed by atoms with E-state index in [0.717, 1.165) is 0 Å². The van der Waals surface area contributed by atoms with Crippen molar-refractivity contribution in [3.05, 3.63) is 35.6 Å². The number of hydrogen-bond acceptors (Lipinski definition) is 3. The van der Waals surface area contributed by atoms with Crippen molar-refractivity contribution < 1.29 is 44.6 Å². The Kier molecular flexibility index (Phi) is 7.69. The Bertz CT molecular complexity index is 533. The van der Waals surface area contributed by atoms with Gasteiger partial charge in [0.15, 0.2) is 5.75 Å². The number of halogens is 7. The van der Waals surface area contributed by atoms with Crippen LogP contribution in [0.25, 0.3) is 0 Å². The minimum Gasteiger partial charge on any atom is -0.391 e. The zero-order valence-electron chi connectivity index (χ0n) is 12.1. The normalized spacial score (nSPS) is 14.4. The minimum absolute atomic E-state index is 0.0202. The average Bonchev–Trinajstić information content (AvgIpc) is 2.36. The maximum Gasteiger partial charge on any atom is 0.214 e. The van der Waals surface area contributed by atoms with Gasteiger partial charge in [-0.2, -0.15) is 0 Å². The van der Waals surface area contributed by atoms with E-state index in [1.165, 1.54) is 18.2 Å². The molecule has 0 aromatic heterocycles. The van der Waals surface area contributed by atoms with Crippen molar-refractivity contribution in [2.45, 2.75) is 0 Å². The van der Waals surface area contributed by atoms with Crippen molar-refractivity contribution >= 4 is 24.5 Å². The number of rotatable bonds is 7. The van der Waals surface area contributed by atoms with Gasteiger partial charge in [-0.25, -0.2) is 4.39 Å². The van der Waals surface area contributed by atoms with E-state index < -0.39 is 13.6 Å². The Hall–Kier alpha value is -0.900. The fourth-order valence-electron chi connectivity index (χ4n) is 1.46. The molecular formula is C12H16F7O3PS. The molecule has 3 nitrogen and oxygen atoms in total. The van der Waals surface area contributed by atoms with E-state index in [0.29, 0.717) is 11.5 Å². The first kappa shape index (κ1) is 23.1. The predicted molar refractivity (Wildman–Crippen MR) is 80.4 cm³/mol. The van der Waals surface area contributed by atoms with Crippen LogP contribution in [-0.4, -0.2) is 46.5 Å². The van der Waals surface area contributed by atoms with Crippen LogP contribution in [0.4, 0.5) is 29.6 Å². The van der Waals surface area contributed by atoms with Gasteiger partial charge in [-0.1, -0.05) is 12.1 Å². The standard InChI is InChI=1S/C12H16FO3S.F6P/c13-11-4-2-1-3-10(11)12(16)9-17(7-5-14)8-6-15;1-7(2,3,4,5)6/h1-4,14-15H,5-9H2;/q+1;-1. The summed E-state index contributed by atoms with van der Waals surface area (Å²) in [6, 6.07) is 5.86. The van der Waals surface area contributed by atoms with Crippen molar-refractivity contribution in [3.8, 4) is 0 Å². The molecule has 0 spiro atoms. The molecule has 0 aliphatic rings. The Labute approximate surface area is 136 Å². The third-order valence-electron chi connectivity index (χ3n) is 2.27. The number of aliphatic hydroxyl groups is 2. The molecule has 0 aliphatic heterocycles. The predicted octanol–water partition coefficient (Wildman–Crippen LogP) is 3.99. The molecule has 1 aromatic rings. The van der Waals surface area contributed by atoms with E-state index in [1.807, 2.05) is 0 Å². The van der Waals surface area contributed by atoms with Crippen molar-refractivity contribution in [2.24, 2.45) is 0 Å². The first-order valence-electron chi connectivity index (χ1n) is 6.34. The van der Waals surface area contributed by atoms with Gasteiger partial charge >= 0.3 is 33.0 Å². The molecule has 0 radical (unpaired) electrons. The number of carbonyl (C=O) groups excluding carboxylic acids is 1. The quantitative estimate of drug-likeness (QED) is 0.313. The molecule has 0 unspecified atom stereocenters. The van der Waals surface area contributed by atoms with Gasteiger partial charge in [-0.3, -0.25) is 4.79 Å². The summed E-state index contributed by atoms with van der Waals surface area (Å²) in [5.41, 5.74) is 0.0841. The van der Waals surface area contributed by atoms with E-state index in [9.17, 15) is 34.4 Å². The monoisotopic (exact) mass is 404 g/mol. The Morgan fingerprint density at radius 1 is 0.958 bits per heavy atom. The summed E-state index contributed by atoms with van der Waals surface area (Å²) >= 11 is 0. The first-order chi connectivity index (χ1) is 10.6. The summed E-state index contributed by atoms with van der Waals surface area (Å²) in [4.78, 5) is 11.8. The fourth-order valence-corrected chi connectivity index (χ4v) is 2.99. The molecule has 0 saturated carbocycles. The first-order valence-corrected chi connectivity index (χ1v) is 10.1. The Balaban J connectivity index is 0.000000640. The van der Waals surface area contributed by atoms with Gasteiger partial charge in [-0.05, 0) is 12.1 Å². The molecule has 24 heavy (non-hydrogen) atoms. The second-order valence-corrected chi connectivity index (χ2v) is 8.72. The largest absolute Gasteiger partial charge is 0.391 e. The second kappa shape index (κ2) is 7.99. The zero-order chi connectivity index (χ0) is 19.1. The van der Waals surface area contributed by atoms with Crippen LogP contribution in [0.2, 0.25) is 0 Å². The summed E-state index contributed by atoms with van der Waals surface area (Å²) in [5, 5.41) is 17.7. The molecular weight excluding hydrogens is 388 g/mol. The van der Waals surface area contributed by atoms with Gasteiger partial charge in [-0.15, -0.1) is 0 Å². The Morgan fingerprint density at radius 3 is 1.75 bits per heavy atom. The number of ketones is 1. The van der Waals surface area contributed by atoms with Crippen molar-refractivity contribution in [2.75, 3.05) is 30.5 Å². The van der Waals surface area contributed by atoms with Gasteiger partial charge in [0.05, 0.1) is 18.8 Å². The van der Waals surface area contributed by atoms with E-state index in [4.69, 9.17) is 10.2 Å². The molecule has 1 aromatic carbocycles. The van der Waals surface area contributed by atoms with E-state index in [-0.39, 0.29) is 41.2 Å². The van der Waals surface area contributed by atoms with Crippen LogP contribution in [0.3, 0.4) is 0 Å². The summed E-state index contributed by atoms with van der Waals surface area (Å²) < 4.78 is 72.5. The second-order valence-electron chi connectivity index (χ2n) is 4.47. The number of aliphatic hydroxyl groups excluding tert-OH is 2. The zero-order valence-corrected chi connectivity index (χ0v) is 13.9. The van der Waals surface area contributed by atoms with Crippen molar-refractivity contribution in [1.29, 1.82) is 0 Å². The van der Waals surface area contributed by atoms with Crippen LogP contribution < -0.4 is 0 Å². The topological polar surface area (TPSA) is 57.5 Å². The fraction of sp³-hybridized carbons (Fsp3) is 0.417. The van der Waals surface area contributed by atoms with E-state index >= 15 is 0 Å². The van der Waals surface area contributed by atoms with Gasteiger partial charge in [0, 0.05) is 10.9 Å². The molecule has 142 valence electrons. The van der Waals surface area contributed by atoms with Crippen LogP contribution in [0.15, 0.2) is 24.3 Å². The van der Waals surface area contributed by atoms with Crippen LogP contribution >= 0.6 is 7.81 Å². The van der Waals surface area contributed by atoms with Gasteiger partial charge < -0.3 is 10.2 Å². The third kappa shape index (κ3) is 14.7. The van der Waals surface area contributed by atoms with E-state index in [1.54, 1.807) is 6.07 Å². The maximum absolute atomic E-state index is 13.3. The summed E-state index contributed by atoms with van der Waals surface area (Å²) in [6.07, 6.45) is 0. The Morgan fingerprint density at radius 2 is 1.38 bits per heavy atom. The molecule has 0 bridgehead atoms. The molecule has 0 amide bonds. The van der Waals surface area contributed by atoms with Crippen LogP contribution in [0, 0.1) is 5.82 Å². The van der Waals surface area contributed by atoms with E-state index in [2.05, 4.69) is 0 Å². The molecule has 0 aliphatic carbocycles. The molecule has 0 atom stereocenters. The van der Waals surface area contributed by atoms with Gasteiger partial charge in [0.2, 0.25) is 5.78 Å². The molecule has 0 heterocycles. The minimum atomic E-state index is -10.7. The smallest absolute Gasteiger partial charge is 0.214 e. The summed E-state index contributed by atoms with van der Waals surface area (Å²) in [6.45, 7) is -0.0404. The molecule has 0 saturated heterocycles. The van der Waals surface area contributed by atoms with Crippen LogP contribution in [0.5, 0.6) is 0 Å². The summed E-state index contributed by atoms with van der Waals surface area (Å²) in [5.74, 6) is 0.339. The molecule has 0 fully saturated rings. The van der Waals surface area contributed by atoms with Crippen molar-refractivity contribution in [3.63, 3.8) is 0 Å². The third-order valence-corrected chi connectivity index (χ3v) is 4.46. The number of carbonyl (C=O) groups is 1. The summed E-state index contributed by atoms with van der Waals surface area (Å²) in [7, 11) is -11.0. The van der Waals surface area contributed by atoms with Crippen molar-refractivity contribution in [1.82, 2.24) is 0 Å². The van der Waals surface area contributed by atoms with Gasteiger partial charge in [0.1, 0.15) is 17.3 Å². The molecule has 12 heteroatoms.